The summed E-state index contributed by atoms with van der Waals surface area (Å²) >= 11 is 6.06. The van der Waals surface area contributed by atoms with E-state index in [0.717, 1.165) is 5.56 Å². The number of ether oxygens (including phenoxy) is 2. The van der Waals surface area contributed by atoms with Crippen molar-refractivity contribution in [2.45, 2.75) is 77.3 Å². The molecule has 42 heavy (non-hydrogen) atoms. The summed E-state index contributed by atoms with van der Waals surface area (Å²) in [5.74, 6) is 1.10. The van der Waals surface area contributed by atoms with Crippen molar-refractivity contribution >= 4 is 25.7 Å². The molecule has 2 aromatic carbocycles. The summed E-state index contributed by atoms with van der Waals surface area (Å²) in [6.07, 6.45) is 1.64. The van der Waals surface area contributed by atoms with Gasteiger partial charge in [0.25, 0.3) is 0 Å². The molecule has 3 aromatic rings. The second-order valence-electron chi connectivity index (χ2n) is 12.6. The largest absolute Gasteiger partial charge is 0.493 e. The van der Waals surface area contributed by atoms with E-state index in [1.807, 2.05) is 12.1 Å². The van der Waals surface area contributed by atoms with Crippen LogP contribution in [0.15, 0.2) is 48.5 Å². The molecule has 226 valence electrons. The van der Waals surface area contributed by atoms with Crippen molar-refractivity contribution < 1.29 is 28.2 Å². The number of methoxy groups -OCH3 is 1. The van der Waals surface area contributed by atoms with Gasteiger partial charge < -0.3 is 19.0 Å². The van der Waals surface area contributed by atoms with Crippen molar-refractivity contribution in [2.24, 2.45) is 5.92 Å². The number of benzene rings is 2. The van der Waals surface area contributed by atoms with Crippen molar-refractivity contribution in [3.05, 3.63) is 76.2 Å². The summed E-state index contributed by atoms with van der Waals surface area (Å²) in [7, 11) is -0.498. The zero-order valence-electron chi connectivity index (χ0n) is 25.3. The van der Waals surface area contributed by atoms with Crippen LogP contribution >= 0.6 is 11.6 Å². The highest BCUT2D eigenvalue weighted by molar-refractivity contribution is 6.74. The molecule has 0 bridgehead atoms. The third-order valence-electron chi connectivity index (χ3n) is 8.17. The highest BCUT2D eigenvalue weighted by Crippen LogP contribution is 2.38. The summed E-state index contributed by atoms with van der Waals surface area (Å²) < 4.78 is 31.6. The third kappa shape index (κ3) is 8.19. The molecule has 9 heteroatoms. The number of rotatable bonds is 13. The Bertz CT molecular complexity index is 1420. The number of ketones is 1. The number of halogens is 2. The Morgan fingerprint density at radius 1 is 1.12 bits per heavy atom. The van der Waals surface area contributed by atoms with Gasteiger partial charge in [-0.05, 0) is 97.4 Å². The molecule has 1 N–H and O–H groups in total. The van der Waals surface area contributed by atoms with Crippen LogP contribution in [0.1, 0.15) is 74.2 Å². The molecule has 0 radical (unpaired) electrons. The second-order valence-corrected chi connectivity index (χ2v) is 17.8. The maximum Gasteiger partial charge on any atom is 0.192 e. The van der Waals surface area contributed by atoms with Gasteiger partial charge in [0.1, 0.15) is 5.82 Å². The van der Waals surface area contributed by atoms with Gasteiger partial charge in [0.05, 0.1) is 42.8 Å². The van der Waals surface area contributed by atoms with Crippen LogP contribution in [-0.4, -0.2) is 37.9 Å². The van der Waals surface area contributed by atoms with Crippen LogP contribution in [0, 0.1) is 11.7 Å². The topological polar surface area (TPSA) is 77.9 Å². The Morgan fingerprint density at radius 3 is 2.50 bits per heavy atom. The van der Waals surface area contributed by atoms with Gasteiger partial charge in [-0.25, -0.2) is 4.39 Å². The van der Waals surface area contributed by atoms with Crippen LogP contribution in [0.25, 0.3) is 11.3 Å². The van der Waals surface area contributed by atoms with Gasteiger partial charge in [-0.15, -0.1) is 0 Å². The fourth-order valence-corrected chi connectivity index (χ4v) is 5.30. The Kier molecular flexibility index (Phi) is 10.1. The van der Waals surface area contributed by atoms with Gasteiger partial charge in [0.2, 0.25) is 0 Å². The van der Waals surface area contributed by atoms with Crippen LogP contribution in [0.5, 0.6) is 11.5 Å². The lowest BCUT2D eigenvalue weighted by Gasteiger charge is -2.36. The molecule has 4 rings (SSSR count). The van der Waals surface area contributed by atoms with Crippen LogP contribution in [0.4, 0.5) is 4.39 Å². The van der Waals surface area contributed by atoms with Gasteiger partial charge in [-0.2, -0.15) is 0 Å². The maximum atomic E-state index is 13.9. The van der Waals surface area contributed by atoms with E-state index in [1.54, 1.807) is 31.4 Å². The van der Waals surface area contributed by atoms with Crippen molar-refractivity contribution in [1.29, 1.82) is 0 Å². The van der Waals surface area contributed by atoms with E-state index in [9.17, 15) is 14.3 Å². The maximum absolute atomic E-state index is 13.9. The molecule has 1 fully saturated rings. The van der Waals surface area contributed by atoms with Gasteiger partial charge in [0, 0.05) is 17.5 Å². The highest BCUT2D eigenvalue weighted by atomic mass is 35.5. The first-order valence-corrected chi connectivity index (χ1v) is 17.7. The van der Waals surface area contributed by atoms with E-state index in [4.69, 9.17) is 25.5 Å². The molecule has 1 aliphatic carbocycles. The molecule has 1 unspecified atom stereocenters. The molecule has 0 amide bonds. The van der Waals surface area contributed by atoms with E-state index in [0.29, 0.717) is 53.1 Å². The zero-order valence-corrected chi connectivity index (χ0v) is 27.1. The van der Waals surface area contributed by atoms with Crippen molar-refractivity contribution in [3.8, 4) is 22.8 Å². The minimum atomic E-state index is -2.05. The summed E-state index contributed by atoms with van der Waals surface area (Å²) in [4.78, 5) is 17.7. The normalized spacial score (nSPS) is 14.5. The van der Waals surface area contributed by atoms with Crippen molar-refractivity contribution in [2.75, 3.05) is 13.7 Å². The average molecular weight is 614 g/mol. The first-order valence-electron chi connectivity index (χ1n) is 14.4. The molecule has 1 aliphatic rings. The molecular weight excluding hydrogens is 573 g/mol. The standard InChI is InChI=1S/C33H41ClFNO5Si/c1-33(2,3)42(5,6)41-20-22-15-27(23-9-11-26(35)25(34)17-23)36-28(16-22)30(38)13-12-29(37)24-10-14-31(32(18-24)39-4)40-19-21-7-8-21/h9-11,14-18,21,30,38H,7-8,12-13,19-20H2,1-6H3. The molecule has 6 nitrogen and oxygen atoms in total. The SMILES string of the molecule is COc1cc(C(=O)CCC(O)c2cc(CO[Si](C)(C)C(C)(C)C)cc(-c3ccc(F)c(Cl)c3)n2)ccc1OCC1CC1. The van der Waals surface area contributed by atoms with Gasteiger partial charge >= 0.3 is 0 Å². The fourth-order valence-electron chi connectivity index (χ4n) is 4.16. The number of carbonyl (C=O) groups is 1. The van der Waals surface area contributed by atoms with Gasteiger partial charge in [-0.3, -0.25) is 9.78 Å². The van der Waals surface area contributed by atoms with Crippen molar-refractivity contribution in [1.82, 2.24) is 4.98 Å². The van der Waals surface area contributed by atoms with E-state index in [2.05, 4.69) is 38.8 Å². The Hall–Kier alpha value is -2.78. The molecule has 1 atom stereocenters. The minimum absolute atomic E-state index is 0.00990. The second kappa shape index (κ2) is 13.2. The molecule has 1 aromatic heterocycles. The van der Waals surface area contributed by atoms with Crippen LogP contribution in [-0.2, 0) is 11.0 Å². The van der Waals surface area contributed by atoms with Crippen LogP contribution in [0.2, 0.25) is 23.2 Å². The summed E-state index contributed by atoms with van der Waals surface area (Å²) in [5, 5.41) is 11.2. The number of hydrogen-bond donors (Lipinski definition) is 1. The number of hydrogen-bond acceptors (Lipinski definition) is 6. The van der Waals surface area contributed by atoms with Crippen LogP contribution < -0.4 is 9.47 Å². The predicted molar refractivity (Wildman–Crippen MR) is 166 cm³/mol. The Labute approximate surface area is 254 Å². The van der Waals surface area contributed by atoms with Crippen molar-refractivity contribution in [3.63, 3.8) is 0 Å². The Morgan fingerprint density at radius 2 is 1.86 bits per heavy atom. The zero-order chi connectivity index (χ0) is 30.7. The molecular formula is C33H41ClFNO5Si. The number of aliphatic hydroxyl groups excluding tert-OH is 1. The minimum Gasteiger partial charge on any atom is -0.493 e. The molecule has 0 saturated heterocycles. The van der Waals surface area contributed by atoms with Crippen LogP contribution in [0.3, 0.4) is 0 Å². The highest BCUT2D eigenvalue weighted by Gasteiger charge is 2.37. The van der Waals surface area contributed by atoms with E-state index in [-0.39, 0.29) is 28.7 Å². The number of aromatic nitrogens is 1. The summed E-state index contributed by atoms with van der Waals surface area (Å²) in [6.45, 7) is 11.9. The lowest BCUT2D eigenvalue weighted by Crippen LogP contribution is -2.40. The van der Waals surface area contributed by atoms with E-state index < -0.39 is 20.2 Å². The van der Waals surface area contributed by atoms with Gasteiger partial charge in [0.15, 0.2) is 25.6 Å². The quantitative estimate of drug-likeness (QED) is 0.154. The van der Waals surface area contributed by atoms with Gasteiger partial charge in [-0.1, -0.05) is 32.4 Å². The third-order valence-corrected chi connectivity index (χ3v) is 12.9. The first kappa shape index (κ1) is 32.1. The number of carbonyl (C=O) groups excluding carboxylic acids is 1. The van der Waals surface area contributed by atoms with E-state index in [1.165, 1.54) is 25.0 Å². The van der Waals surface area contributed by atoms with E-state index >= 15 is 0 Å². The smallest absolute Gasteiger partial charge is 0.192 e. The summed E-state index contributed by atoms with van der Waals surface area (Å²) in [5.41, 5.74) is 2.90. The molecule has 1 saturated carbocycles. The lowest BCUT2D eigenvalue weighted by molar-refractivity contribution is 0.0937. The number of Topliss-reactive ketones (excluding diaryl/α,β-unsaturated/α-hetero) is 1. The molecule has 1 heterocycles. The average Bonchev–Trinajstić information content (AvgIpc) is 3.78. The lowest BCUT2D eigenvalue weighted by atomic mass is 10.0. The molecule has 0 aliphatic heterocycles. The molecule has 0 spiro atoms. The first-order chi connectivity index (χ1) is 19.8. The number of nitrogens with zero attached hydrogens (tertiary/aromatic N) is 1. The summed E-state index contributed by atoms with van der Waals surface area (Å²) in [6, 6.07) is 13.3. The number of aliphatic hydroxyl groups is 1. The number of pyridine rings is 1. The predicted octanol–water partition coefficient (Wildman–Crippen LogP) is 8.56. The monoisotopic (exact) mass is 613 g/mol. The Balaban J connectivity index is 1.51. The fraction of sp³-hybridized carbons (Fsp3) is 0.455.